The van der Waals surface area contributed by atoms with Gasteiger partial charge in [-0.05, 0) is 59.4 Å². The number of fused-ring (bicyclic) bond motifs is 1. The van der Waals surface area contributed by atoms with Crippen molar-refractivity contribution in [3.8, 4) is 5.75 Å². The summed E-state index contributed by atoms with van der Waals surface area (Å²) in [6.45, 7) is 1.36. The number of rotatable bonds is 5. The predicted molar refractivity (Wildman–Crippen MR) is 101 cm³/mol. The highest BCUT2D eigenvalue weighted by Gasteiger charge is 2.26. The van der Waals surface area contributed by atoms with Gasteiger partial charge in [0.15, 0.2) is 0 Å². The Bertz CT molecular complexity index is 804. The molecule has 1 heterocycles. The number of hydrogen-bond donors (Lipinski definition) is 2. The second-order valence-electron chi connectivity index (χ2n) is 5.02. The van der Waals surface area contributed by atoms with Crippen LogP contribution < -0.4 is 10.1 Å². The van der Waals surface area contributed by atoms with Crippen LogP contribution in [0.1, 0.15) is 12.5 Å². The second-order valence-corrected chi connectivity index (χ2v) is 7.46. The van der Waals surface area contributed by atoms with Crippen molar-refractivity contribution in [1.29, 1.82) is 0 Å². The van der Waals surface area contributed by atoms with Crippen LogP contribution in [0.4, 0.5) is 0 Å². The summed E-state index contributed by atoms with van der Waals surface area (Å²) in [4.78, 5) is 26.6. The van der Waals surface area contributed by atoms with Crippen LogP contribution in [0.15, 0.2) is 19.6 Å². The molecule has 0 bridgehead atoms. The number of ether oxygens (including phenoxy) is 2. The topological polar surface area (TPSA) is 80.4 Å². The molecule has 0 fully saturated rings. The van der Waals surface area contributed by atoms with E-state index in [0.717, 1.165) is 25.4 Å². The number of aromatic nitrogens is 1. The number of halogens is 3. The Morgan fingerprint density at radius 2 is 1.96 bits per heavy atom. The Morgan fingerprint density at radius 3 is 2.50 bits per heavy atom. The van der Waals surface area contributed by atoms with Crippen LogP contribution in [0, 0.1) is 0 Å². The van der Waals surface area contributed by atoms with E-state index >= 15 is 0 Å². The minimum Gasteiger partial charge on any atom is -0.496 e. The molecule has 130 valence electrons. The first-order valence-corrected chi connectivity index (χ1v) is 9.25. The highest BCUT2D eigenvalue weighted by Crippen LogP contribution is 2.42. The number of hydrogen-bond acceptors (Lipinski definition) is 4. The molecule has 2 N–H and O–H groups in total. The molecule has 24 heavy (non-hydrogen) atoms. The molecule has 1 aromatic carbocycles. The quantitative estimate of drug-likeness (QED) is 0.582. The molecule has 0 radical (unpaired) electrons. The van der Waals surface area contributed by atoms with E-state index < -0.39 is 12.0 Å². The molecule has 0 aliphatic heterocycles. The summed E-state index contributed by atoms with van der Waals surface area (Å²) in [5.74, 6) is -0.167. The molecular weight excluding hydrogens is 512 g/mol. The molecule has 1 atom stereocenters. The molecule has 0 aliphatic rings. The average molecular weight is 527 g/mol. The van der Waals surface area contributed by atoms with Gasteiger partial charge in [0.25, 0.3) is 0 Å². The number of benzene rings is 1. The van der Waals surface area contributed by atoms with Crippen molar-refractivity contribution < 1.29 is 19.1 Å². The Labute approximate surface area is 164 Å². The molecule has 2 aromatic rings. The summed E-state index contributed by atoms with van der Waals surface area (Å²) >= 11 is 10.5. The van der Waals surface area contributed by atoms with Crippen LogP contribution in [-0.4, -0.2) is 37.1 Å². The second kappa shape index (κ2) is 7.88. The summed E-state index contributed by atoms with van der Waals surface area (Å²) in [5.41, 5.74) is 1.66. The molecule has 6 nitrogen and oxygen atoms in total. The lowest BCUT2D eigenvalue weighted by molar-refractivity contribution is -0.144. The Hall–Kier alpha value is -1.06. The van der Waals surface area contributed by atoms with Gasteiger partial charge in [0.2, 0.25) is 5.91 Å². The highest BCUT2D eigenvalue weighted by molar-refractivity contribution is 9.11. The molecule has 1 amide bonds. The third-order valence-electron chi connectivity index (χ3n) is 3.48. The number of nitrogens with one attached hydrogen (secondary N) is 2. The van der Waals surface area contributed by atoms with Crippen LogP contribution in [0.3, 0.4) is 0 Å². The van der Waals surface area contributed by atoms with Gasteiger partial charge in [-0.1, -0.05) is 0 Å². The maximum Gasteiger partial charge on any atom is 0.328 e. The van der Waals surface area contributed by atoms with Gasteiger partial charge in [0.05, 0.1) is 28.8 Å². The number of amides is 1. The normalized spacial score (nSPS) is 12.1. The maximum absolute atomic E-state index is 12.0. The SMILES string of the molecule is COC(=O)C(Cc1c(Br)[nH]c2c(Br)cc(OC)c(Br)c12)NC(C)=O. The summed E-state index contributed by atoms with van der Waals surface area (Å²) < 4.78 is 12.4. The predicted octanol–water partition coefficient (Wildman–Crippen LogP) is 3.68. The van der Waals surface area contributed by atoms with Gasteiger partial charge in [-0.3, -0.25) is 4.79 Å². The first-order valence-electron chi connectivity index (χ1n) is 6.87. The van der Waals surface area contributed by atoms with E-state index in [0.29, 0.717) is 10.4 Å². The molecule has 1 aromatic heterocycles. The summed E-state index contributed by atoms with van der Waals surface area (Å²) in [6.07, 6.45) is 0.255. The molecule has 0 spiro atoms. The van der Waals surface area contributed by atoms with Gasteiger partial charge < -0.3 is 19.8 Å². The molecule has 0 aliphatic carbocycles. The van der Waals surface area contributed by atoms with Gasteiger partial charge >= 0.3 is 5.97 Å². The molecular formula is C15H15Br3N2O4. The monoisotopic (exact) mass is 524 g/mol. The van der Waals surface area contributed by atoms with Gasteiger partial charge in [0, 0.05) is 23.2 Å². The largest absolute Gasteiger partial charge is 0.496 e. The van der Waals surface area contributed by atoms with E-state index in [4.69, 9.17) is 9.47 Å². The third-order valence-corrected chi connectivity index (χ3v) is 5.56. The Balaban J connectivity index is 2.58. The van der Waals surface area contributed by atoms with Crippen molar-refractivity contribution in [3.63, 3.8) is 0 Å². The van der Waals surface area contributed by atoms with Gasteiger partial charge in [-0.15, -0.1) is 0 Å². The van der Waals surface area contributed by atoms with Crippen molar-refractivity contribution in [2.75, 3.05) is 14.2 Å². The first kappa shape index (κ1) is 19.3. The maximum atomic E-state index is 12.0. The molecule has 2 rings (SSSR count). The number of methoxy groups -OCH3 is 2. The van der Waals surface area contributed by atoms with Crippen LogP contribution in [0.25, 0.3) is 10.9 Å². The van der Waals surface area contributed by atoms with Gasteiger partial charge in [-0.25, -0.2) is 4.79 Å². The van der Waals surface area contributed by atoms with E-state index in [2.05, 4.69) is 58.1 Å². The fraction of sp³-hybridized carbons (Fsp3) is 0.333. The lowest BCUT2D eigenvalue weighted by Gasteiger charge is -2.16. The average Bonchev–Trinajstić information content (AvgIpc) is 2.86. The van der Waals surface area contributed by atoms with Crippen LogP contribution in [0.5, 0.6) is 5.75 Å². The number of carbonyl (C=O) groups is 2. The number of aromatic amines is 1. The van der Waals surface area contributed by atoms with Gasteiger partial charge in [-0.2, -0.15) is 0 Å². The zero-order valence-electron chi connectivity index (χ0n) is 13.1. The molecule has 0 saturated carbocycles. The number of carbonyl (C=O) groups excluding carboxylic acids is 2. The van der Waals surface area contributed by atoms with E-state index in [1.54, 1.807) is 7.11 Å². The summed E-state index contributed by atoms with van der Waals surface area (Å²) in [5, 5.41) is 3.47. The number of H-pyrrole nitrogens is 1. The molecule has 0 saturated heterocycles. The van der Waals surface area contributed by atoms with Gasteiger partial charge in [0.1, 0.15) is 11.8 Å². The van der Waals surface area contributed by atoms with E-state index in [9.17, 15) is 9.59 Å². The minimum absolute atomic E-state index is 0.255. The molecule has 1 unspecified atom stereocenters. The summed E-state index contributed by atoms with van der Waals surface area (Å²) in [6, 6.07) is 1.05. The van der Waals surface area contributed by atoms with E-state index in [1.165, 1.54) is 14.0 Å². The number of esters is 1. The van der Waals surface area contributed by atoms with Crippen molar-refractivity contribution in [2.24, 2.45) is 0 Å². The van der Waals surface area contributed by atoms with Crippen molar-refractivity contribution >= 4 is 70.6 Å². The van der Waals surface area contributed by atoms with Crippen LogP contribution in [0.2, 0.25) is 0 Å². The van der Waals surface area contributed by atoms with Crippen LogP contribution in [-0.2, 0) is 20.7 Å². The van der Waals surface area contributed by atoms with Crippen molar-refractivity contribution in [2.45, 2.75) is 19.4 Å². The van der Waals surface area contributed by atoms with Crippen molar-refractivity contribution in [1.82, 2.24) is 10.3 Å². The van der Waals surface area contributed by atoms with Crippen LogP contribution >= 0.6 is 47.8 Å². The Morgan fingerprint density at radius 1 is 1.29 bits per heavy atom. The molecule has 9 heteroatoms. The fourth-order valence-electron chi connectivity index (χ4n) is 2.43. The zero-order chi connectivity index (χ0) is 18.0. The standard InChI is InChI=1S/C15H15Br3N2O4/c1-6(21)19-9(15(22)24-3)4-7-11-12(17)10(23-2)5-8(16)13(11)20-14(7)18/h5,9,20H,4H2,1-3H3,(H,19,21). The third kappa shape index (κ3) is 3.78. The van der Waals surface area contributed by atoms with E-state index in [1.807, 2.05) is 6.07 Å². The summed E-state index contributed by atoms with van der Waals surface area (Å²) in [7, 11) is 2.87. The van der Waals surface area contributed by atoms with Crippen molar-refractivity contribution in [3.05, 3.63) is 25.2 Å². The lowest BCUT2D eigenvalue weighted by atomic mass is 10.0. The zero-order valence-corrected chi connectivity index (χ0v) is 17.9. The Kier molecular flexibility index (Phi) is 6.33. The minimum atomic E-state index is -0.792. The fourth-order valence-corrected chi connectivity index (χ4v) is 4.21. The lowest BCUT2D eigenvalue weighted by Crippen LogP contribution is -2.42. The van der Waals surface area contributed by atoms with E-state index in [-0.39, 0.29) is 12.3 Å². The smallest absolute Gasteiger partial charge is 0.328 e. The highest BCUT2D eigenvalue weighted by atomic mass is 79.9. The first-order chi connectivity index (χ1) is 11.3.